The van der Waals surface area contributed by atoms with Crippen molar-refractivity contribution in [1.29, 1.82) is 0 Å². The molecule has 6 heteroatoms. The molecular weight excluding hydrogens is 292 g/mol. The van der Waals surface area contributed by atoms with E-state index in [2.05, 4.69) is 18.6 Å². The van der Waals surface area contributed by atoms with Gasteiger partial charge < -0.3 is 5.73 Å². The molecule has 0 bridgehead atoms. The van der Waals surface area contributed by atoms with Crippen LogP contribution in [0.1, 0.15) is 31.9 Å². The molecule has 0 aliphatic heterocycles. The number of rotatable bonds is 6. The van der Waals surface area contributed by atoms with E-state index in [0.717, 1.165) is 5.56 Å². The summed E-state index contributed by atoms with van der Waals surface area (Å²) in [5.41, 5.74) is 7.04. The van der Waals surface area contributed by atoms with Gasteiger partial charge in [0.2, 0.25) is 10.0 Å². The van der Waals surface area contributed by atoms with E-state index in [1.54, 1.807) is 19.1 Å². The molecule has 20 heavy (non-hydrogen) atoms. The zero-order chi connectivity index (χ0) is 15.5. The first kappa shape index (κ1) is 17.1. The van der Waals surface area contributed by atoms with Gasteiger partial charge in [-0.3, -0.25) is 0 Å². The molecule has 0 aliphatic carbocycles. The second-order valence-electron chi connectivity index (χ2n) is 5.41. The van der Waals surface area contributed by atoms with Crippen molar-refractivity contribution in [2.45, 2.75) is 32.6 Å². The summed E-state index contributed by atoms with van der Waals surface area (Å²) in [5.74, 6) is 0.707. The summed E-state index contributed by atoms with van der Waals surface area (Å²) in [5, 5.41) is 0. The van der Waals surface area contributed by atoms with Crippen LogP contribution in [0.4, 0.5) is 0 Å². The molecule has 1 aromatic rings. The van der Waals surface area contributed by atoms with Crippen LogP contribution in [0.3, 0.4) is 0 Å². The van der Waals surface area contributed by atoms with Gasteiger partial charge in [-0.2, -0.15) is 0 Å². The Balaban J connectivity index is 2.94. The third kappa shape index (κ3) is 4.26. The van der Waals surface area contributed by atoms with Gasteiger partial charge in [0.25, 0.3) is 0 Å². The first-order chi connectivity index (χ1) is 9.15. The van der Waals surface area contributed by atoms with E-state index in [9.17, 15) is 8.42 Å². The lowest BCUT2D eigenvalue weighted by molar-refractivity contribution is 0.414. The Morgan fingerprint density at radius 1 is 1.35 bits per heavy atom. The Morgan fingerprint density at radius 3 is 2.40 bits per heavy atom. The Bertz CT molecular complexity index is 595. The third-order valence-corrected chi connectivity index (χ3v) is 5.15. The van der Waals surface area contributed by atoms with Crippen LogP contribution in [0.5, 0.6) is 0 Å². The molecule has 4 nitrogen and oxygen atoms in total. The second kappa shape index (κ2) is 6.65. The summed E-state index contributed by atoms with van der Waals surface area (Å²) in [6.45, 7) is 8.38. The molecule has 0 fully saturated rings. The smallest absolute Gasteiger partial charge is 0.240 e. The fourth-order valence-corrected chi connectivity index (χ4v) is 3.10. The molecule has 0 heterocycles. The van der Waals surface area contributed by atoms with Crippen molar-refractivity contribution in [3.8, 4) is 0 Å². The van der Waals surface area contributed by atoms with Crippen molar-refractivity contribution in [2.75, 3.05) is 6.54 Å². The van der Waals surface area contributed by atoms with Crippen LogP contribution in [-0.4, -0.2) is 20.0 Å². The molecule has 1 rings (SSSR count). The molecule has 112 valence electrons. The third-order valence-electron chi connectivity index (χ3n) is 3.51. The number of benzene rings is 1. The van der Waals surface area contributed by atoms with Crippen LogP contribution < -0.4 is 10.5 Å². The lowest BCUT2D eigenvalue weighted by Crippen LogP contribution is -2.30. The maximum absolute atomic E-state index is 12.2. The van der Waals surface area contributed by atoms with Gasteiger partial charge in [-0.15, -0.1) is 0 Å². The SMILES string of the molecule is Cc1cc(S(=O)(=O)NCC(C)C(C)C)ccc1C(N)=S. The second-order valence-corrected chi connectivity index (χ2v) is 7.62. The van der Waals surface area contributed by atoms with Gasteiger partial charge in [0.1, 0.15) is 4.99 Å². The summed E-state index contributed by atoms with van der Waals surface area (Å²) in [4.78, 5) is 0.513. The summed E-state index contributed by atoms with van der Waals surface area (Å²) < 4.78 is 27.1. The number of sulfonamides is 1. The monoisotopic (exact) mass is 314 g/mol. The van der Waals surface area contributed by atoms with Gasteiger partial charge in [-0.05, 0) is 36.5 Å². The number of aryl methyl sites for hydroxylation is 1. The number of nitrogens with one attached hydrogen (secondary N) is 1. The van der Waals surface area contributed by atoms with E-state index in [1.807, 2.05) is 6.92 Å². The quantitative estimate of drug-likeness (QED) is 0.790. The molecule has 0 aromatic heterocycles. The molecule has 0 spiro atoms. The number of nitrogens with two attached hydrogens (primary N) is 1. The predicted octanol–water partition coefficient (Wildman–Crippen LogP) is 2.20. The average Bonchev–Trinajstić information content (AvgIpc) is 2.35. The number of thiocarbonyl (C=S) groups is 1. The van der Waals surface area contributed by atoms with Gasteiger partial charge in [0, 0.05) is 12.1 Å². The standard InChI is InChI=1S/C14H22N2O2S2/c1-9(2)11(4)8-16-20(17,18)12-5-6-13(14(15)19)10(3)7-12/h5-7,9,11,16H,8H2,1-4H3,(H2,15,19). The van der Waals surface area contributed by atoms with E-state index in [0.29, 0.717) is 18.0 Å². The molecule has 0 amide bonds. The normalized spacial score (nSPS) is 13.4. The topological polar surface area (TPSA) is 72.2 Å². The average molecular weight is 314 g/mol. The van der Waals surface area contributed by atoms with Gasteiger partial charge in [-0.25, -0.2) is 13.1 Å². The van der Waals surface area contributed by atoms with Gasteiger partial charge in [0.05, 0.1) is 4.90 Å². The van der Waals surface area contributed by atoms with Gasteiger partial charge >= 0.3 is 0 Å². The highest BCUT2D eigenvalue weighted by Gasteiger charge is 2.17. The predicted molar refractivity (Wildman–Crippen MR) is 86.3 cm³/mol. The summed E-state index contributed by atoms with van der Waals surface area (Å²) in [6, 6.07) is 4.78. The van der Waals surface area contributed by atoms with Crippen molar-refractivity contribution >= 4 is 27.2 Å². The Hall–Kier alpha value is -0.980. The Kier molecular flexibility index (Phi) is 5.68. The number of hydrogen-bond acceptors (Lipinski definition) is 3. The Morgan fingerprint density at radius 2 is 1.95 bits per heavy atom. The molecule has 1 unspecified atom stereocenters. The van der Waals surface area contributed by atoms with E-state index in [-0.39, 0.29) is 15.8 Å². The van der Waals surface area contributed by atoms with E-state index in [1.165, 1.54) is 6.07 Å². The van der Waals surface area contributed by atoms with Crippen LogP contribution in [0, 0.1) is 18.8 Å². The lowest BCUT2D eigenvalue weighted by Gasteiger charge is -2.16. The minimum Gasteiger partial charge on any atom is -0.389 e. The molecule has 3 N–H and O–H groups in total. The van der Waals surface area contributed by atoms with E-state index < -0.39 is 10.0 Å². The first-order valence-electron chi connectivity index (χ1n) is 6.55. The maximum Gasteiger partial charge on any atom is 0.240 e. The summed E-state index contributed by atoms with van der Waals surface area (Å²) in [7, 11) is -3.49. The molecule has 0 radical (unpaired) electrons. The van der Waals surface area contributed by atoms with Crippen LogP contribution in [0.2, 0.25) is 0 Å². The molecular formula is C14H22N2O2S2. The minimum absolute atomic E-state index is 0.242. The Labute approximate surface area is 126 Å². The molecule has 0 saturated heterocycles. The van der Waals surface area contributed by atoms with Crippen LogP contribution >= 0.6 is 12.2 Å². The zero-order valence-electron chi connectivity index (χ0n) is 12.3. The van der Waals surface area contributed by atoms with Gasteiger partial charge in [0.15, 0.2) is 0 Å². The van der Waals surface area contributed by atoms with Crippen molar-refractivity contribution in [3.05, 3.63) is 29.3 Å². The first-order valence-corrected chi connectivity index (χ1v) is 8.44. The van der Waals surface area contributed by atoms with Crippen LogP contribution in [-0.2, 0) is 10.0 Å². The highest BCUT2D eigenvalue weighted by Crippen LogP contribution is 2.16. The van der Waals surface area contributed by atoms with E-state index in [4.69, 9.17) is 18.0 Å². The van der Waals surface area contributed by atoms with E-state index >= 15 is 0 Å². The van der Waals surface area contributed by atoms with Crippen LogP contribution in [0.25, 0.3) is 0 Å². The lowest BCUT2D eigenvalue weighted by atomic mass is 9.99. The van der Waals surface area contributed by atoms with Crippen molar-refractivity contribution in [2.24, 2.45) is 17.6 Å². The molecule has 0 saturated carbocycles. The summed E-state index contributed by atoms with van der Waals surface area (Å²) in [6.07, 6.45) is 0. The van der Waals surface area contributed by atoms with Crippen molar-refractivity contribution < 1.29 is 8.42 Å². The van der Waals surface area contributed by atoms with Gasteiger partial charge in [-0.1, -0.05) is 39.1 Å². The number of hydrogen-bond donors (Lipinski definition) is 2. The fourth-order valence-electron chi connectivity index (χ4n) is 1.64. The van der Waals surface area contributed by atoms with Crippen molar-refractivity contribution in [1.82, 2.24) is 4.72 Å². The summed E-state index contributed by atoms with van der Waals surface area (Å²) >= 11 is 4.91. The minimum atomic E-state index is -3.49. The van der Waals surface area contributed by atoms with Crippen molar-refractivity contribution in [3.63, 3.8) is 0 Å². The maximum atomic E-state index is 12.2. The fraction of sp³-hybridized carbons (Fsp3) is 0.500. The highest BCUT2D eigenvalue weighted by atomic mass is 32.2. The van der Waals surface area contributed by atoms with Crippen LogP contribution in [0.15, 0.2) is 23.1 Å². The molecule has 0 aliphatic rings. The largest absolute Gasteiger partial charge is 0.389 e. The highest BCUT2D eigenvalue weighted by molar-refractivity contribution is 7.89. The zero-order valence-corrected chi connectivity index (χ0v) is 13.9. The molecule has 1 atom stereocenters. The molecule has 1 aromatic carbocycles.